The molecule has 2 atom stereocenters. The Morgan fingerprint density at radius 1 is 1.00 bits per heavy atom. The maximum atomic E-state index is 13.3. The van der Waals surface area contributed by atoms with Crippen molar-refractivity contribution in [1.29, 1.82) is 0 Å². The average molecular weight is 626 g/mol. The molecule has 5 aromatic rings. The number of fused-ring (bicyclic) bond motifs is 3. The second kappa shape index (κ2) is 11.2. The van der Waals surface area contributed by atoms with Crippen LogP contribution in [0.3, 0.4) is 0 Å². The fourth-order valence-corrected chi connectivity index (χ4v) is 7.18. The van der Waals surface area contributed by atoms with Crippen LogP contribution in [0.1, 0.15) is 45.7 Å². The third kappa shape index (κ3) is 5.47. The fourth-order valence-electron chi connectivity index (χ4n) is 6.10. The normalized spacial score (nSPS) is 18.8. The van der Waals surface area contributed by atoms with Crippen LogP contribution in [0.15, 0.2) is 72.8 Å². The molecule has 3 aliphatic rings. The lowest BCUT2D eigenvalue weighted by Gasteiger charge is -2.29. The Morgan fingerprint density at radius 3 is 2.67 bits per heavy atom. The first kappa shape index (κ1) is 28.8. The summed E-state index contributed by atoms with van der Waals surface area (Å²) in [4.78, 5) is 12.1. The second-order valence-corrected chi connectivity index (χ2v) is 12.9. The van der Waals surface area contributed by atoms with E-state index in [0.29, 0.717) is 35.7 Å². The van der Waals surface area contributed by atoms with Gasteiger partial charge < -0.3 is 19.3 Å². The molecule has 1 aromatic heterocycles. The van der Waals surface area contributed by atoms with Gasteiger partial charge in [-0.3, -0.25) is 4.79 Å². The van der Waals surface area contributed by atoms with E-state index in [1.54, 1.807) is 18.2 Å². The van der Waals surface area contributed by atoms with Crippen LogP contribution in [0.5, 0.6) is 17.2 Å². The van der Waals surface area contributed by atoms with Crippen LogP contribution in [0.2, 0.25) is 0 Å². The van der Waals surface area contributed by atoms with Crippen LogP contribution in [-0.4, -0.2) is 45.3 Å². The zero-order valence-electron chi connectivity index (χ0n) is 24.7. The highest BCUT2D eigenvalue weighted by Gasteiger charge is 2.33. The standard InChI is InChI=1S/C33H31N5O6S/c1-20-7-8-22-15-23(20)18-37-19-24-16-25(9-12-30(24)44-45(37,41)42)43-31-6-4-3-5-28(31)34-13-14-38-29-11-10-26(27(22)17-32(39)40)21(2)33(29)35-36-38/h3-12,15-16,27,34H,13-14,17-19H2,1-2H3,(H,39,40). The number of ether oxygens (including phenoxy) is 1. The molecule has 0 radical (unpaired) electrons. The molecule has 8 rings (SSSR count). The molecule has 0 saturated carbocycles. The summed E-state index contributed by atoms with van der Waals surface area (Å²) in [5.41, 5.74) is 7.09. The lowest BCUT2D eigenvalue weighted by molar-refractivity contribution is -0.137. The molecule has 0 fully saturated rings. The van der Waals surface area contributed by atoms with E-state index in [4.69, 9.17) is 8.92 Å². The van der Waals surface area contributed by atoms with Gasteiger partial charge in [-0.25, -0.2) is 4.68 Å². The number of carbonyl (C=O) groups is 1. The number of nitrogens with zero attached hydrogens (tertiary/aromatic N) is 4. The Hall–Kier alpha value is -4.94. The van der Waals surface area contributed by atoms with Gasteiger partial charge in [0.2, 0.25) is 0 Å². The van der Waals surface area contributed by atoms with Crippen molar-refractivity contribution in [2.24, 2.45) is 0 Å². The van der Waals surface area contributed by atoms with Gasteiger partial charge in [0.1, 0.15) is 17.0 Å². The Bertz CT molecular complexity index is 2080. The van der Waals surface area contributed by atoms with E-state index in [9.17, 15) is 18.3 Å². The Morgan fingerprint density at radius 2 is 1.82 bits per heavy atom. The Labute approximate surface area is 260 Å². The summed E-state index contributed by atoms with van der Waals surface area (Å²) in [6.45, 7) is 5.05. The molecule has 0 saturated heterocycles. The smallest absolute Gasteiger partial charge is 0.385 e. The first-order chi connectivity index (χ1) is 21.7. The molecule has 3 aliphatic heterocycles. The third-order valence-corrected chi connectivity index (χ3v) is 9.78. The summed E-state index contributed by atoms with van der Waals surface area (Å²) in [7, 11) is -4.09. The molecule has 2 unspecified atom stereocenters. The first-order valence-electron chi connectivity index (χ1n) is 14.6. The summed E-state index contributed by atoms with van der Waals surface area (Å²) in [5, 5.41) is 22.2. The molecule has 2 N–H and O–H groups in total. The largest absolute Gasteiger partial charge is 0.481 e. The van der Waals surface area contributed by atoms with Gasteiger partial charge >= 0.3 is 16.3 Å². The van der Waals surface area contributed by atoms with Crippen molar-refractivity contribution in [1.82, 2.24) is 19.3 Å². The van der Waals surface area contributed by atoms with Gasteiger partial charge in [0.25, 0.3) is 0 Å². The van der Waals surface area contributed by atoms with Crippen molar-refractivity contribution in [3.05, 3.63) is 106 Å². The van der Waals surface area contributed by atoms with Crippen molar-refractivity contribution >= 4 is 33.0 Å². The molecule has 9 bridgehead atoms. The van der Waals surface area contributed by atoms with E-state index < -0.39 is 22.2 Å². The van der Waals surface area contributed by atoms with Gasteiger partial charge in [0.05, 0.1) is 24.2 Å². The van der Waals surface area contributed by atoms with Crippen LogP contribution in [0.4, 0.5) is 5.69 Å². The molecule has 230 valence electrons. The average Bonchev–Trinajstić information content (AvgIpc) is 3.42. The molecule has 0 aliphatic carbocycles. The molecule has 11 nitrogen and oxygen atoms in total. The Balaban J connectivity index is 1.37. The fraction of sp³-hybridized carbons (Fsp3) is 0.242. The number of aliphatic carboxylic acids is 1. The minimum Gasteiger partial charge on any atom is -0.481 e. The molecule has 12 heteroatoms. The SMILES string of the molecule is Cc1ccc2cc1CN1Cc3cc(ccc3OS1(=O)=O)Oc1ccccc1NCCn1nnc3c(C)c(ccc31)C2CC(=O)O. The van der Waals surface area contributed by atoms with E-state index >= 15 is 0 Å². The van der Waals surface area contributed by atoms with Crippen molar-refractivity contribution in [2.75, 3.05) is 11.9 Å². The first-order valence-corrected chi connectivity index (χ1v) is 16.0. The highest BCUT2D eigenvalue weighted by molar-refractivity contribution is 7.84. The minimum absolute atomic E-state index is 0.0470. The van der Waals surface area contributed by atoms with Gasteiger partial charge in [-0.15, -0.1) is 5.10 Å². The highest BCUT2D eigenvalue weighted by Crippen LogP contribution is 2.38. The van der Waals surface area contributed by atoms with Gasteiger partial charge in [-0.05, 0) is 78.1 Å². The lowest BCUT2D eigenvalue weighted by atomic mass is 9.84. The van der Waals surface area contributed by atoms with E-state index in [-0.39, 0.29) is 25.3 Å². The molecule has 0 spiro atoms. The monoisotopic (exact) mass is 625 g/mol. The van der Waals surface area contributed by atoms with E-state index in [1.165, 1.54) is 4.31 Å². The zero-order valence-corrected chi connectivity index (χ0v) is 25.5. The number of carboxylic acids is 1. The number of hydrogen-bond donors (Lipinski definition) is 2. The van der Waals surface area contributed by atoms with E-state index in [1.807, 2.05) is 73.1 Å². The summed E-state index contributed by atoms with van der Waals surface area (Å²) in [6.07, 6.45) is -0.145. The molecular weight excluding hydrogens is 594 g/mol. The van der Waals surface area contributed by atoms with Crippen molar-refractivity contribution in [3.63, 3.8) is 0 Å². The summed E-state index contributed by atoms with van der Waals surface area (Å²) in [6, 6.07) is 22.3. The number of aromatic nitrogens is 3. The summed E-state index contributed by atoms with van der Waals surface area (Å²) >= 11 is 0. The predicted molar refractivity (Wildman–Crippen MR) is 168 cm³/mol. The van der Waals surface area contributed by atoms with Crippen LogP contribution in [0.25, 0.3) is 11.0 Å². The zero-order chi connectivity index (χ0) is 31.3. The summed E-state index contributed by atoms with van der Waals surface area (Å²) < 4.78 is 41.4. The second-order valence-electron chi connectivity index (χ2n) is 11.4. The van der Waals surface area contributed by atoms with Crippen LogP contribution >= 0.6 is 0 Å². The topological polar surface area (TPSA) is 136 Å². The van der Waals surface area contributed by atoms with Crippen molar-refractivity contribution in [3.8, 4) is 17.2 Å². The number of nitrogens with one attached hydrogen (secondary N) is 1. The van der Waals surface area contributed by atoms with Gasteiger partial charge in [-0.2, -0.15) is 12.7 Å². The number of anilines is 1. The van der Waals surface area contributed by atoms with E-state index in [2.05, 4.69) is 15.6 Å². The molecule has 0 amide bonds. The maximum Gasteiger partial charge on any atom is 0.385 e. The predicted octanol–water partition coefficient (Wildman–Crippen LogP) is 5.51. The number of rotatable bonds is 2. The van der Waals surface area contributed by atoms with Crippen molar-refractivity contribution in [2.45, 2.75) is 45.8 Å². The number of carboxylic acid groups (broad SMARTS) is 1. The number of para-hydroxylation sites is 2. The van der Waals surface area contributed by atoms with Crippen LogP contribution in [0, 0.1) is 13.8 Å². The van der Waals surface area contributed by atoms with Gasteiger partial charge in [0.15, 0.2) is 5.75 Å². The third-order valence-electron chi connectivity index (χ3n) is 8.50. The van der Waals surface area contributed by atoms with E-state index in [0.717, 1.165) is 39.0 Å². The maximum absolute atomic E-state index is 13.3. The molecule has 4 heterocycles. The number of benzene rings is 4. The van der Waals surface area contributed by atoms with Gasteiger partial charge in [-0.1, -0.05) is 41.6 Å². The molecule has 45 heavy (non-hydrogen) atoms. The minimum atomic E-state index is -4.09. The highest BCUT2D eigenvalue weighted by atomic mass is 32.2. The summed E-state index contributed by atoms with van der Waals surface area (Å²) in [5.74, 6) is -0.0131. The number of hydrogen-bond acceptors (Lipinski definition) is 8. The van der Waals surface area contributed by atoms with Crippen LogP contribution in [-0.2, 0) is 34.7 Å². The molecule has 4 aromatic carbocycles. The van der Waals surface area contributed by atoms with Gasteiger partial charge in [0, 0.05) is 31.1 Å². The van der Waals surface area contributed by atoms with Crippen LogP contribution < -0.4 is 14.2 Å². The molecular formula is C33H31N5O6S. The lowest BCUT2D eigenvalue weighted by Crippen LogP contribution is -2.37. The quantitative estimate of drug-likeness (QED) is 0.260. The number of aryl methyl sites for hydroxylation is 2. The Kier molecular flexibility index (Phi) is 7.17. The van der Waals surface area contributed by atoms with Crippen molar-refractivity contribution < 1.29 is 27.2 Å².